The van der Waals surface area contributed by atoms with Crippen molar-refractivity contribution in [3.05, 3.63) is 66.5 Å². The van der Waals surface area contributed by atoms with Gasteiger partial charge in [-0.3, -0.25) is 0 Å². The molecule has 0 spiro atoms. The summed E-state index contributed by atoms with van der Waals surface area (Å²) < 4.78 is 27.4. The van der Waals surface area contributed by atoms with Crippen molar-refractivity contribution in [1.29, 1.82) is 0 Å². The minimum absolute atomic E-state index is 0.152. The molecule has 5 nitrogen and oxygen atoms in total. The first-order valence-corrected chi connectivity index (χ1v) is 6.78. The number of anilines is 5. The lowest BCUT2D eigenvalue weighted by Crippen LogP contribution is -2.06. The van der Waals surface area contributed by atoms with Crippen LogP contribution in [-0.2, 0) is 0 Å². The van der Waals surface area contributed by atoms with Gasteiger partial charge in [0.15, 0.2) is 11.6 Å². The summed E-state index contributed by atoms with van der Waals surface area (Å²) in [6.07, 6.45) is 1.25. The summed E-state index contributed by atoms with van der Waals surface area (Å²) in [5.41, 5.74) is 6.60. The first kappa shape index (κ1) is 14.7. The van der Waals surface area contributed by atoms with Crippen molar-refractivity contribution in [3.63, 3.8) is 0 Å². The lowest BCUT2D eigenvalue weighted by molar-refractivity contribution is 0.631. The Labute approximate surface area is 131 Å². The van der Waals surface area contributed by atoms with E-state index < -0.39 is 11.6 Å². The Kier molecular flexibility index (Phi) is 4.01. The van der Waals surface area contributed by atoms with E-state index in [2.05, 4.69) is 20.6 Å². The number of rotatable bonds is 4. The van der Waals surface area contributed by atoms with E-state index >= 15 is 0 Å². The fraction of sp³-hybridized carbons (Fsp3) is 0. The van der Waals surface area contributed by atoms with Crippen molar-refractivity contribution in [2.24, 2.45) is 0 Å². The molecule has 0 aliphatic carbocycles. The maximum atomic E-state index is 13.7. The Balaban J connectivity index is 1.90. The first-order chi connectivity index (χ1) is 11.1. The lowest BCUT2D eigenvalue weighted by atomic mass is 10.3. The van der Waals surface area contributed by atoms with Crippen LogP contribution < -0.4 is 16.4 Å². The second-order valence-electron chi connectivity index (χ2n) is 4.69. The van der Waals surface area contributed by atoms with E-state index in [4.69, 9.17) is 5.73 Å². The molecule has 4 N–H and O–H groups in total. The van der Waals surface area contributed by atoms with Crippen LogP contribution in [0.15, 0.2) is 54.9 Å². The predicted octanol–water partition coefficient (Wildman–Crippen LogP) is 3.82. The van der Waals surface area contributed by atoms with Crippen molar-refractivity contribution in [2.45, 2.75) is 0 Å². The summed E-state index contributed by atoms with van der Waals surface area (Å²) in [5, 5.41) is 5.59. The molecular weight excluding hydrogens is 300 g/mol. The van der Waals surface area contributed by atoms with E-state index in [-0.39, 0.29) is 28.7 Å². The summed E-state index contributed by atoms with van der Waals surface area (Å²) in [6.45, 7) is 0. The predicted molar refractivity (Wildman–Crippen MR) is 85.8 cm³/mol. The van der Waals surface area contributed by atoms with Crippen molar-refractivity contribution >= 4 is 28.7 Å². The summed E-state index contributed by atoms with van der Waals surface area (Å²) in [6, 6.07) is 12.3. The zero-order valence-corrected chi connectivity index (χ0v) is 11.9. The normalized spacial score (nSPS) is 10.3. The molecule has 0 atom stereocenters. The monoisotopic (exact) mass is 313 g/mol. The highest BCUT2D eigenvalue weighted by Gasteiger charge is 2.11. The Morgan fingerprint density at radius 2 is 1.17 bits per heavy atom. The van der Waals surface area contributed by atoms with Crippen LogP contribution in [0.4, 0.5) is 37.5 Å². The molecule has 2 aromatic carbocycles. The quantitative estimate of drug-likeness (QED) is 0.682. The van der Waals surface area contributed by atoms with Gasteiger partial charge in [0.05, 0.1) is 11.4 Å². The van der Waals surface area contributed by atoms with E-state index in [0.717, 1.165) is 0 Å². The van der Waals surface area contributed by atoms with Gasteiger partial charge in [0.1, 0.15) is 23.6 Å². The van der Waals surface area contributed by atoms with Crippen LogP contribution in [0.3, 0.4) is 0 Å². The van der Waals surface area contributed by atoms with Gasteiger partial charge in [-0.15, -0.1) is 0 Å². The number of benzene rings is 2. The molecule has 0 bridgehead atoms. The van der Waals surface area contributed by atoms with Gasteiger partial charge in [-0.25, -0.2) is 18.7 Å². The summed E-state index contributed by atoms with van der Waals surface area (Å²) in [7, 11) is 0. The second kappa shape index (κ2) is 6.27. The topological polar surface area (TPSA) is 75.9 Å². The van der Waals surface area contributed by atoms with Crippen LogP contribution in [-0.4, -0.2) is 9.97 Å². The molecule has 1 heterocycles. The fourth-order valence-electron chi connectivity index (χ4n) is 1.98. The Morgan fingerprint density at radius 1 is 0.739 bits per heavy atom. The average molecular weight is 313 g/mol. The third-order valence-corrected chi connectivity index (χ3v) is 3.14. The first-order valence-electron chi connectivity index (χ1n) is 6.78. The highest BCUT2D eigenvalue weighted by molar-refractivity contribution is 5.80. The smallest absolute Gasteiger partial charge is 0.159 e. The number of para-hydroxylation sites is 2. The van der Waals surface area contributed by atoms with Gasteiger partial charge in [-0.05, 0) is 24.3 Å². The molecule has 3 rings (SSSR count). The number of hydrogen-bond acceptors (Lipinski definition) is 5. The van der Waals surface area contributed by atoms with Crippen LogP contribution in [0.2, 0.25) is 0 Å². The average Bonchev–Trinajstić information content (AvgIpc) is 2.55. The lowest BCUT2D eigenvalue weighted by Gasteiger charge is -2.13. The van der Waals surface area contributed by atoms with Gasteiger partial charge < -0.3 is 16.4 Å². The van der Waals surface area contributed by atoms with Gasteiger partial charge in [0.25, 0.3) is 0 Å². The number of halogens is 2. The zero-order chi connectivity index (χ0) is 16.2. The number of nitrogens with one attached hydrogen (secondary N) is 2. The number of nitrogen functional groups attached to an aromatic ring is 1. The van der Waals surface area contributed by atoms with E-state index in [9.17, 15) is 8.78 Å². The molecule has 7 heteroatoms. The van der Waals surface area contributed by atoms with Crippen molar-refractivity contribution in [3.8, 4) is 0 Å². The minimum Gasteiger partial charge on any atom is -0.393 e. The molecule has 0 amide bonds. The largest absolute Gasteiger partial charge is 0.393 e. The van der Waals surface area contributed by atoms with Gasteiger partial charge in [0, 0.05) is 0 Å². The standard InChI is InChI=1S/C16H13F2N5/c17-10-5-1-3-7-12(10)22-15-14(19)16(21-9-20-15)23-13-8-4-2-6-11(13)18/h1-9H,19H2,(H2,20,21,22,23). The number of nitrogens with zero attached hydrogens (tertiary/aromatic N) is 2. The highest BCUT2D eigenvalue weighted by Crippen LogP contribution is 2.29. The van der Waals surface area contributed by atoms with E-state index in [1.165, 1.54) is 18.5 Å². The van der Waals surface area contributed by atoms with Gasteiger partial charge in [0.2, 0.25) is 0 Å². The molecular formula is C16H13F2N5. The summed E-state index contributed by atoms with van der Waals surface area (Å²) in [4.78, 5) is 7.98. The number of hydrogen-bond donors (Lipinski definition) is 3. The van der Waals surface area contributed by atoms with E-state index in [1.54, 1.807) is 36.4 Å². The third-order valence-electron chi connectivity index (χ3n) is 3.14. The maximum absolute atomic E-state index is 13.7. The van der Waals surface area contributed by atoms with Crippen LogP contribution in [0.25, 0.3) is 0 Å². The molecule has 0 aliphatic heterocycles. The number of nitrogens with two attached hydrogens (primary N) is 1. The molecule has 0 aliphatic rings. The highest BCUT2D eigenvalue weighted by atomic mass is 19.1. The van der Waals surface area contributed by atoms with Crippen LogP contribution in [0.1, 0.15) is 0 Å². The molecule has 0 radical (unpaired) electrons. The van der Waals surface area contributed by atoms with Crippen LogP contribution in [0.5, 0.6) is 0 Å². The van der Waals surface area contributed by atoms with Crippen molar-refractivity contribution in [1.82, 2.24) is 9.97 Å². The van der Waals surface area contributed by atoms with Crippen molar-refractivity contribution < 1.29 is 8.78 Å². The molecule has 1 aromatic heterocycles. The molecule has 0 saturated heterocycles. The minimum atomic E-state index is -0.436. The van der Waals surface area contributed by atoms with Crippen LogP contribution in [0, 0.1) is 11.6 Å². The van der Waals surface area contributed by atoms with Gasteiger partial charge in [-0.1, -0.05) is 24.3 Å². The summed E-state index contributed by atoms with van der Waals surface area (Å²) >= 11 is 0. The van der Waals surface area contributed by atoms with Crippen LogP contribution >= 0.6 is 0 Å². The Hall–Kier alpha value is -3.22. The molecule has 3 aromatic rings. The fourth-order valence-corrected chi connectivity index (χ4v) is 1.98. The number of aromatic nitrogens is 2. The molecule has 0 fully saturated rings. The molecule has 23 heavy (non-hydrogen) atoms. The SMILES string of the molecule is Nc1c(Nc2ccccc2F)ncnc1Nc1ccccc1F. The Bertz CT molecular complexity index is 772. The molecule has 0 saturated carbocycles. The Morgan fingerprint density at radius 3 is 1.61 bits per heavy atom. The zero-order valence-electron chi connectivity index (χ0n) is 11.9. The second-order valence-corrected chi connectivity index (χ2v) is 4.69. The van der Waals surface area contributed by atoms with Gasteiger partial charge in [-0.2, -0.15) is 0 Å². The van der Waals surface area contributed by atoms with E-state index in [1.807, 2.05) is 0 Å². The summed E-state index contributed by atoms with van der Waals surface area (Å²) in [5.74, 6) is -0.420. The van der Waals surface area contributed by atoms with E-state index in [0.29, 0.717) is 0 Å². The van der Waals surface area contributed by atoms with Gasteiger partial charge >= 0.3 is 0 Å². The van der Waals surface area contributed by atoms with Crippen molar-refractivity contribution in [2.75, 3.05) is 16.4 Å². The third kappa shape index (κ3) is 3.18. The maximum Gasteiger partial charge on any atom is 0.159 e. The molecule has 116 valence electrons. The molecule has 0 unspecified atom stereocenters.